The first-order chi connectivity index (χ1) is 8.76. The number of rotatable bonds is 4. The van der Waals surface area contributed by atoms with Gasteiger partial charge in [0, 0.05) is 11.5 Å². The van der Waals surface area contributed by atoms with Gasteiger partial charge in [0.2, 0.25) is 0 Å². The first-order valence-corrected chi connectivity index (χ1v) is 6.79. The highest BCUT2D eigenvalue weighted by Gasteiger charge is 2.26. The molecule has 1 aliphatic rings. The highest BCUT2D eigenvalue weighted by atomic mass is 19.1. The zero-order chi connectivity index (χ0) is 13.0. The molecule has 0 radical (unpaired) electrons. The predicted octanol–water partition coefficient (Wildman–Crippen LogP) is 3.46. The zero-order valence-corrected chi connectivity index (χ0v) is 11.0. The highest BCUT2D eigenvalue weighted by molar-refractivity contribution is 5.37. The van der Waals surface area contributed by atoms with Crippen molar-refractivity contribution in [1.29, 1.82) is 0 Å². The third kappa shape index (κ3) is 2.83. The molecule has 0 heterocycles. The smallest absolute Gasteiger partial charge is 0.123 e. The van der Waals surface area contributed by atoms with Crippen LogP contribution in [0.1, 0.15) is 43.6 Å². The Labute approximate surface area is 108 Å². The molecule has 2 nitrogen and oxygen atoms in total. The second-order valence-corrected chi connectivity index (χ2v) is 5.13. The first-order valence-electron chi connectivity index (χ1n) is 6.79. The van der Waals surface area contributed by atoms with E-state index in [1.807, 2.05) is 0 Å². The standard InChI is InChI=1S/C15H22FNO/c1-18-15-8-7-12(16)9-13(15)14(10-17)11-5-3-2-4-6-11/h7-9,11,14H,2-6,10,17H2,1H3. The number of hydrogen-bond acceptors (Lipinski definition) is 2. The highest BCUT2D eigenvalue weighted by Crippen LogP contribution is 2.39. The summed E-state index contributed by atoms with van der Waals surface area (Å²) in [5, 5.41) is 0. The summed E-state index contributed by atoms with van der Waals surface area (Å²) in [6.07, 6.45) is 6.23. The van der Waals surface area contributed by atoms with Crippen molar-refractivity contribution in [3.63, 3.8) is 0 Å². The van der Waals surface area contributed by atoms with Gasteiger partial charge in [-0.25, -0.2) is 4.39 Å². The van der Waals surface area contributed by atoms with Gasteiger partial charge < -0.3 is 10.5 Å². The molecule has 0 aliphatic heterocycles. The lowest BCUT2D eigenvalue weighted by molar-refractivity contribution is 0.300. The van der Waals surface area contributed by atoms with Crippen LogP contribution in [0.15, 0.2) is 18.2 Å². The Kier molecular flexibility index (Phi) is 4.59. The maximum atomic E-state index is 13.5. The molecule has 0 aromatic heterocycles. The van der Waals surface area contributed by atoms with Gasteiger partial charge in [0.15, 0.2) is 0 Å². The Bertz CT molecular complexity index is 388. The van der Waals surface area contributed by atoms with E-state index in [9.17, 15) is 4.39 Å². The van der Waals surface area contributed by atoms with E-state index in [-0.39, 0.29) is 11.7 Å². The minimum atomic E-state index is -0.208. The molecule has 1 aromatic rings. The van der Waals surface area contributed by atoms with Crippen molar-refractivity contribution in [1.82, 2.24) is 0 Å². The van der Waals surface area contributed by atoms with Crippen molar-refractivity contribution < 1.29 is 9.13 Å². The molecule has 1 atom stereocenters. The lowest BCUT2D eigenvalue weighted by Crippen LogP contribution is -2.24. The first kappa shape index (κ1) is 13.3. The molecular formula is C15H22FNO. The third-order valence-electron chi connectivity index (χ3n) is 4.06. The molecule has 1 aliphatic carbocycles. The number of benzene rings is 1. The van der Waals surface area contributed by atoms with Crippen LogP contribution in [0, 0.1) is 11.7 Å². The summed E-state index contributed by atoms with van der Waals surface area (Å²) in [5.41, 5.74) is 6.87. The fourth-order valence-corrected chi connectivity index (χ4v) is 3.10. The van der Waals surface area contributed by atoms with E-state index in [0.717, 1.165) is 11.3 Å². The average molecular weight is 251 g/mol. The third-order valence-corrected chi connectivity index (χ3v) is 4.06. The van der Waals surface area contributed by atoms with Crippen LogP contribution < -0.4 is 10.5 Å². The maximum absolute atomic E-state index is 13.5. The molecule has 18 heavy (non-hydrogen) atoms. The van der Waals surface area contributed by atoms with E-state index in [4.69, 9.17) is 10.5 Å². The Hall–Kier alpha value is -1.09. The molecule has 1 fully saturated rings. The van der Waals surface area contributed by atoms with E-state index in [1.165, 1.54) is 38.2 Å². The number of halogens is 1. The van der Waals surface area contributed by atoms with Crippen LogP contribution >= 0.6 is 0 Å². The van der Waals surface area contributed by atoms with Crippen molar-refractivity contribution in [3.8, 4) is 5.75 Å². The lowest BCUT2D eigenvalue weighted by atomic mass is 9.76. The molecule has 3 heteroatoms. The summed E-state index contributed by atoms with van der Waals surface area (Å²) in [6.45, 7) is 0.560. The quantitative estimate of drug-likeness (QED) is 0.889. The van der Waals surface area contributed by atoms with Crippen molar-refractivity contribution in [3.05, 3.63) is 29.6 Å². The molecule has 2 rings (SSSR count). The molecule has 0 bridgehead atoms. The van der Waals surface area contributed by atoms with Crippen molar-refractivity contribution in [2.24, 2.45) is 11.7 Å². The molecule has 0 spiro atoms. The van der Waals surface area contributed by atoms with Gasteiger partial charge in [0.25, 0.3) is 0 Å². The van der Waals surface area contributed by atoms with Crippen LogP contribution in [0.4, 0.5) is 4.39 Å². The SMILES string of the molecule is COc1ccc(F)cc1C(CN)C1CCCCC1. The van der Waals surface area contributed by atoms with Crippen LogP contribution in [0.2, 0.25) is 0 Å². The summed E-state index contributed by atoms with van der Waals surface area (Å²) >= 11 is 0. The van der Waals surface area contributed by atoms with Gasteiger partial charge in [-0.15, -0.1) is 0 Å². The summed E-state index contributed by atoms with van der Waals surface area (Å²) in [5.74, 6) is 1.34. The molecule has 2 N–H and O–H groups in total. The normalized spacial score (nSPS) is 18.6. The second kappa shape index (κ2) is 6.19. The molecule has 1 unspecified atom stereocenters. The minimum Gasteiger partial charge on any atom is -0.496 e. The number of nitrogens with two attached hydrogens (primary N) is 1. The second-order valence-electron chi connectivity index (χ2n) is 5.13. The van der Waals surface area contributed by atoms with Gasteiger partial charge in [0.05, 0.1) is 7.11 Å². The Morgan fingerprint density at radius 2 is 2.06 bits per heavy atom. The van der Waals surface area contributed by atoms with Crippen LogP contribution in [0.3, 0.4) is 0 Å². The van der Waals surface area contributed by atoms with E-state index in [2.05, 4.69) is 0 Å². The molecule has 1 aromatic carbocycles. The van der Waals surface area contributed by atoms with Crippen LogP contribution in [0.25, 0.3) is 0 Å². The summed E-state index contributed by atoms with van der Waals surface area (Å²) in [6, 6.07) is 4.73. The predicted molar refractivity (Wildman–Crippen MR) is 71.3 cm³/mol. The van der Waals surface area contributed by atoms with E-state index < -0.39 is 0 Å². The van der Waals surface area contributed by atoms with Gasteiger partial charge in [-0.1, -0.05) is 19.3 Å². The molecule has 0 saturated heterocycles. The lowest BCUT2D eigenvalue weighted by Gasteiger charge is -2.30. The molecule has 0 amide bonds. The van der Waals surface area contributed by atoms with E-state index >= 15 is 0 Å². The topological polar surface area (TPSA) is 35.2 Å². The van der Waals surface area contributed by atoms with Gasteiger partial charge in [-0.2, -0.15) is 0 Å². The summed E-state index contributed by atoms with van der Waals surface area (Å²) in [4.78, 5) is 0. The van der Waals surface area contributed by atoms with Crippen molar-refractivity contribution >= 4 is 0 Å². The molecular weight excluding hydrogens is 229 g/mol. The fraction of sp³-hybridized carbons (Fsp3) is 0.600. The van der Waals surface area contributed by atoms with Crippen LogP contribution in [-0.4, -0.2) is 13.7 Å². The van der Waals surface area contributed by atoms with Gasteiger partial charge in [-0.05, 0) is 43.5 Å². The Morgan fingerprint density at radius 3 is 2.67 bits per heavy atom. The zero-order valence-electron chi connectivity index (χ0n) is 11.0. The van der Waals surface area contributed by atoms with E-state index in [1.54, 1.807) is 19.2 Å². The largest absolute Gasteiger partial charge is 0.496 e. The minimum absolute atomic E-state index is 0.208. The fourth-order valence-electron chi connectivity index (χ4n) is 3.10. The van der Waals surface area contributed by atoms with Crippen LogP contribution in [0.5, 0.6) is 5.75 Å². The molecule has 1 saturated carbocycles. The average Bonchev–Trinajstić information content (AvgIpc) is 2.41. The van der Waals surface area contributed by atoms with Gasteiger partial charge >= 0.3 is 0 Å². The maximum Gasteiger partial charge on any atom is 0.123 e. The number of ether oxygens (including phenoxy) is 1. The summed E-state index contributed by atoms with van der Waals surface area (Å²) < 4.78 is 18.8. The Morgan fingerprint density at radius 1 is 1.33 bits per heavy atom. The number of hydrogen-bond donors (Lipinski definition) is 1. The summed E-state index contributed by atoms with van der Waals surface area (Å²) in [7, 11) is 1.63. The van der Waals surface area contributed by atoms with E-state index in [0.29, 0.717) is 12.5 Å². The monoisotopic (exact) mass is 251 g/mol. The Balaban J connectivity index is 2.27. The van der Waals surface area contributed by atoms with Gasteiger partial charge in [-0.3, -0.25) is 0 Å². The molecule has 100 valence electrons. The van der Waals surface area contributed by atoms with Crippen LogP contribution in [-0.2, 0) is 0 Å². The van der Waals surface area contributed by atoms with Gasteiger partial charge in [0.1, 0.15) is 11.6 Å². The van der Waals surface area contributed by atoms with Crippen molar-refractivity contribution in [2.45, 2.75) is 38.0 Å². The van der Waals surface area contributed by atoms with Crippen molar-refractivity contribution in [2.75, 3.05) is 13.7 Å². The number of methoxy groups -OCH3 is 1.